The molecule has 33 heavy (non-hydrogen) atoms. The number of aryl methyl sites for hydroxylation is 1. The number of nitrogens with one attached hydrogen (secondary N) is 1. The normalized spacial score (nSPS) is 11.0. The zero-order valence-corrected chi connectivity index (χ0v) is 19.0. The lowest BCUT2D eigenvalue weighted by atomic mass is 10.1. The number of ether oxygens (including phenoxy) is 1. The number of methoxy groups -OCH3 is 1. The summed E-state index contributed by atoms with van der Waals surface area (Å²) in [5, 5.41) is 13.3. The number of thioether (sulfide) groups is 1. The number of nitrogens with zero attached hydrogens (tertiary/aromatic N) is 5. The molecular weight excluding hydrogens is 436 g/mol. The van der Waals surface area contributed by atoms with Gasteiger partial charge in [0.05, 0.1) is 24.8 Å². The van der Waals surface area contributed by atoms with Gasteiger partial charge in [0.15, 0.2) is 11.0 Å². The van der Waals surface area contributed by atoms with Gasteiger partial charge in [0.2, 0.25) is 0 Å². The Kier molecular flexibility index (Phi) is 7.11. The number of rotatable bonds is 8. The Balaban J connectivity index is 1.53. The fraction of sp³-hybridized carbons (Fsp3) is 0.125. The van der Waals surface area contributed by atoms with Crippen LogP contribution in [0.2, 0.25) is 0 Å². The molecule has 8 nitrogen and oxygen atoms in total. The van der Waals surface area contributed by atoms with Crippen molar-refractivity contribution in [1.82, 2.24) is 25.2 Å². The van der Waals surface area contributed by atoms with E-state index in [1.54, 1.807) is 19.4 Å². The average Bonchev–Trinajstić information content (AvgIpc) is 3.28. The van der Waals surface area contributed by atoms with E-state index in [1.165, 1.54) is 18.0 Å². The van der Waals surface area contributed by atoms with Gasteiger partial charge in [0.25, 0.3) is 5.91 Å². The van der Waals surface area contributed by atoms with E-state index in [0.717, 1.165) is 22.6 Å². The van der Waals surface area contributed by atoms with Gasteiger partial charge in [0, 0.05) is 17.4 Å². The fourth-order valence-corrected chi connectivity index (χ4v) is 3.75. The van der Waals surface area contributed by atoms with Crippen LogP contribution in [0.15, 0.2) is 83.2 Å². The SMILES string of the molecule is COc1ccc(-n2c(SCC(=O)N/N=C/c3ccccn3)nnc2-c2ccc(C)cc2)cc1. The average molecular weight is 459 g/mol. The van der Waals surface area contributed by atoms with E-state index in [9.17, 15) is 4.79 Å². The summed E-state index contributed by atoms with van der Waals surface area (Å²) in [4.78, 5) is 16.4. The zero-order valence-electron chi connectivity index (χ0n) is 18.2. The summed E-state index contributed by atoms with van der Waals surface area (Å²) < 4.78 is 7.21. The first-order valence-electron chi connectivity index (χ1n) is 10.2. The molecule has 4 aromatic rings. The third kappa shape index (κ3) is 5.64. The first kappa shape index (κ1) is 22.2. The number of carbonyl (C=O) groups excluding carboxylic acids is 1. The molecule has 0 aliphatic rings. The van der Waals surface area contributed by atoms with Gasteiger partial charge < -0.3 is 4.74 Å². The molecule has 0 saturated carbocycles. The third-order valence-electron chi connectivity index (χ3n) is 4.68. The predicted molar refractivity (Wildman–Crippen MR) is 129 cm³/mol. The molecule has 0 bridgehead atoms. The Morgan fingerprint density at radius 3 is 2.58 bits per heavy atom. The third-order valence-corrected chi connectivity index (χ3v) is 5.61. The monoisotopic (exact) mass is 458 g/mol. The molecule has 2 aromatic heterocycles. The minimum atomic E-state index is -0.256. The number of benzene rings is 2. The van der Waals surface area contributed by atoms with Crippen molar-refractivity contribution in [2.45, 2.75) is 12.1 Å². The van der Waals surface area contributed by atoms with Gasteiger partial charge in [-0.1, -0.05) is 47.7 Å². The smallest absolute Gasteiger partial charge is 0.250 e. The van der Waals surface area contributed by atoms with Crippen molar-refractivity contribution in [1.29, 1.82) is 0 Å². The van der Waals surface area contributed by atoms with Crippen LogP contribution in [-0.2, 0) is 4.79 Å². The van der Waals surface area contributed by atoms with E-state index < -0.39 is 0 Å². The van der Waals surface area contributed by atoms with Crippen LogP contribution in [0.4, 0.5) is 0 Å². The Hall–Kier alpha value is -3.98. The molecule has 0 atom stereocenters. The van der Waals surface area contributed by atoms with Crippen molar-refractivity contribution in [2.75, 3.05) is 12.9 Å². The summed E-state index contributed by atoms with van der Waals surface area (Å²) in [6.45, 7) is 2.04. The first-order valence-corrected chi connectivity index (χ1v) is 11.2. The number of amides is 1. The van der Waals surface area contributed by atoms with Crippen molar-refractivity contribution in [2.24, 2.45) is 5.10 Å². The molecule has 0 unspecified atom stereocenters. The van der Waals surface area contributed by atoms with Gasteiger partial charge in [-0.3, -0.25) is 14.3 Å². The fourth-order valence-electron chi connectivity index (χ4n) is 3.00. The van der Waals surface area contributed by atoms with Crippen LogP contribution in [0.1, 0.15) is 11.3 Å². The highest BCUT2D eigenvalue weighted by Crippen LogP contribution is 2.29. The molecule has 9 heteroatoms. The lowest BCUT2D eigenvalue weighted by Gasteiger charge is -2.11. The van der Waals surface area contributed by atoms with Crippen LogP contribution in [0.5, 0.6) is 5.75 Å². The van der Waals surface area contributed by atoms with Gasteiger partial charge in [-0.05, 0) is 43.3 Å². The van der Waals surface area contributed by atoms with Gasteiger partial charge >= 0.3 is 0 Å². The Bertz CT molecular complexity index is 1240. The highest BCUT2D eigenvalue weighted by Gasteiger charge is 2.17. The standard InChI is InChI=1S/C24H22N6O2S/c1-17-6-8-18(9-7-17)23-28-29-24(30(23)20-10-12-21(32-2)13-11-20)33-16-22(31)27-26-15-19-5-3-4-14-25-19/h3-15H,16H2,1-2H3,(H,27,31)/b26-15+. The van der Waals surface area contributed by atoms with Crippen molar-refractivity contribution in [3.05, 3.63) is 84.2 Å². The molecule has 4 rings (SSSR count). The number of hydrazone groups is 1. The number of carbonyl (C=O) groups is 1. The first-order chi connectivity index (χ1) is 16.1. The largest absolute Gasteiger partial charge is 0.497 e. The van der Waals surface area contributed by atoms with Gasteiger partial charge in [0.1, 0.15) is 5.75 Å². The summed E-state index contributed by atoms with van der Waals surface area (Å²) in [5.74, 6) is 1.31. The maximum absolute atomic E-state index is 12.3. The van der Waals surface area contributed by atoms with E-state index in [-0.39, 0.29) is 11.7 Å². The lowest BCUT2D eigenvalue weighted by Crippen LogP contribution is -2.20. The van der Waals surface area contributed by atoms with E-state index in [1.807, 2.05) is 72.2 Å². The second-order valence-electron chi connectivity index (χ2n) is 7.04. The Morgan fingerprint density at radius 1 is 1.09 bits per heavy atom. The summed E-state index contributed by atoms with van der Waals surface area (Å²) in [6.07, 6.45) is 3.16. The molecule has 0 spiro atoms. The van der Waals surface area contributed by atoms with E-state index in [2.05, 4.69) is 25.7 Å². The van der Waals surface area contributed by atoms with Gasteiger partial charge in [-0.25, -0.2) is 5.43 Å². The highest BCUT2D eigenvalue weighted by molar-refractivity contribution is 7.99. The number of aromatic nitrogens is 4. The molecule has 2 aromatic carbocycles. The van der Waals surface area contributed by atoms with E-state index >= 15 is 0 Å². The minimum Gasteiger partial charge on any atom is -0.497 e. The number of hydrogen-bond donors (Lipinski definition) is 1. The van der Waals surface area contributed by atoms with Crippen LogP contribution in [0.3, 0.4) is 0 Å². The van der Waals surface area contributed by atoms with Crippen LogP contribution in [0, 0.1) is 6.92 Å². The van der Waals surface area contributed by atoms with Crippen LogP contribution >= 0.6 is 11.8 Å². The molecule has 0 radical (unpaired) electrons. The second kappa shape index (κ2) is 10.6. The maximum atomic E-state index is 12.3. The number of pyridine rings is 1. The molecule has 0 saturated heterocycles. The Morgan fingerprint density at radius 2 is 1.88 bits per heavy atom. The molecular formula is C24H22N6O2S. The summed E-state index contributed by atoms with van der Waals surface area (Å²) in [7, 11) is 1.63. The lowest BCUT2D eigenvalue weighted by molar-refractivity contribution is -0.118. The predicted octanol–water partition coefficient (Wildman–Crippen LogP) is 3.89. The summed E-state index contributed by atoms with van der Waals surface area (Å²) in [5.41, 5.74) is 6.13. The van der Waals surface area contributed by atoms with Gasteiger partial charge in [-0.15, -0.1) is 10.2 Å². The Labute approximate surface area is 195 Å². The van der Waals surface area contributed by atoms with Crippen molar-refractivity contribution in [3.63, 3.8) is 0 Å². The second-order valence-corrected chi connectivity index (χ2v) is 7.98. The van der Waals surface area contributed by atoms with Crippen LogP contribution in [-0.4, -0.2) is 44.7 Å². The van der Waals surface area contributed by atoms with Crippen LogP contribution < -0.4 is 10.2 Å². The molecule has 0 fully saturated rings. The number of hydrogen-bond acceptors (Lipinski definition) is 7. The van der Waals surface area contributed by atoms with Crippen LogP contribution in [0.25, 0.3) is 17.1 Å². The molecule has 0 aliphatic carbocycles. The summed E-state index contributed by atoms with van der Waals surface area (Å²) in [6, 6.07) is 21.2. The summed E-state index contributed by atoms with van der Waals surface area (Å²) >= 11 is 1.28. The van der Waals surface area contributed by atoms with Crippen molar-refractivity contribution in [3.8, 4) is 22.8 Å². The van der Waals surface area contributed by atoms with E-state index in [0.29, 0.717) is 16.7 Å². The molecule has 1 N–H and O–H groups in total. The van der Waals surface area contributed by atoms with Gasteiger partial charge in [-0.2, -0.15) is 5.10 Å². The zero-order chi connectivity index (χ0) is 23.0. The maximum Gasteiger partial charge on any atom is 0.250 e. The van der Waals surface area contributed by atoms with Crippen molar-refractivity contribution < 1.29 is 9.53 Å². The topological polar surface area (TPSA) is 94.3 Å². The quantitative estimate of drug-likeness (QED) is 0.245. The molecule has 0 aliphatic heterocycles. The minimum absolute atomic E-state index is 0.127. The van der Waals surface area contributed by atoms with Crippen molar-refractivity contribution >= 4 is 23.9 Å². The molecule has 1 amide bonds. The van der Waals surface area contributed by atoms with E-state index in [4.69, 9.17) is 4.74 Å². The highest BCUT2D eigenvalue weighted by atomic mass is 32.2. The molecule has 2 heterocycles. The molecule has 166 valence electrons.